The molecule has 2 aromatic carbocycles. The van der Waals surface area contributed by atoms with Crippen LogP contribution in [-0.4, -0.2) is 65.3 Å². The van der Waals surface area contributed by atoms with E-state index in [0.29, 0.717) is 13.2 Å². The van der Waals surface area contributed by atoms with Gasteiger partial charge < -0.3 is 9.84 Å². The van der Waals surface area contributed by atoms with Gasteiger partial charge in [0.2, 0.25) is 0 Å². The average molecular weight is 399 g/mol. The van der Waals surface area contributed by atoms with Crippen LogP contribution in [0.15, 0.2) is 48.5 Å². The summed E-state index contributed by atoms with van der Waals surface area (Å²) in [6.45, 7) is 6.11. The minimum absolute atomic E-state index is 0.351. The zero-order valence-electron chi connectivity index (χ0n) is 16.4. The fraction of sp³-hybridized carbons (Fsp3) is 0.478. The van der Waals surface area contributed by atoms with Crippen LogP contribution in [0.25, 0.3) is 0 Å². The van der Waals surface area contributed by atoms with Crippen molar-refractivity contribution in [2.45, 2.75) is 25.6 Å². The average Bonchev–Trinajstić information content (AvgIpc) is 2.74. The highest BCUT2D eigenvalue weighted by Gasteiger charge is 2.18. The fourth-order valence-electron chi connectivity index (χ4n) is 4.03. The van der Waals surface area contributed by atoms with Crippen LogP contribution in [0.4, 0.5) is 0 Å². The van der Waals surface area contributed by atoms with E-state index < -0.39 is 6.10 Å². The molecule has 2 heterocycles. The Kier molecular flexibility index (Phi) is 6.91. The zero-order chi connectivity index (χ0) is 19.2. The molecule has 150 valence electrons. The summed E-state index contributed by atoms with van der Waals surface area (Å²) in [5.41, 5.74) is 4.10. The first-order chi connectivity index (χ1) is 13.8. The zero-order valence-corrected chi connectivity index (χ0v) is 17.2. The molecule has 0 spiro atoms. The number of β-amino-alcohol motifs (C(OH)–C–C–N with tert-alkyl or cyclic N) is 1. The number of aliphatic hydroxyl groups is 1. The van der Waals surface area contributed by atoms with Crippen molar-refractivity contribution in [2.24, 2.45) is 0 Å². The van der Waals surface area contributed by atoms with Crippen molar-refractivity contribution in [2.75, 3.05) is 44.3 Å². The van der Waals surface area contributed by atoms with E-state index in [-0.39, 0.29) is 0 Å². The second kappa shape index (κ2) is 9.79. The Bertz CT molecular complexity index is 764. The van der Waals surface area contributed by atoms with Crippen LogP contribution in [0, 0.1) is 0 Å². The van der Waals surface area contributed by atoms with Crippen LogP contribution in [-0.2, 0) is 19.5 Å². The number of hydrogen-bond acceptors (Lipinski definition) is 5. The van der Waals surface area contributed by atoms with E-state index in [0.717, 1.165) is 56.4 Å². The van der Waals surface area contributed by atoms with Gasteiger partial charge in [-0.25, -0.2) is 0 Å². The Morgan fingerprint density at radius 2 is 1.68 bits per heavy atom. The van der Waals surface area contributed by atoms with E-state index in [1.54, 1.807) is 0 Å². The SMILES string of the molecule is OC(COc1ccccc1CN1CCc2ccccc2C1)CN1CCSCC1. The molecule has 1 atom stereocenters. The van der Waals surface area contributed by atoms with Crippen LogP contribution < -0.4 is 4.74 Å². The molecule has 2 aromatic rings. The van der Waals surface area contributed by atoms with Crippen molar-refractivity contribution >= 4 is 11.8 Å². The Labute approximate surface area is 172 Å². The van der Waals surface area contributed by atoms with Gasteiger partial charge in [-0.1, -0.05) is 42.5 Å². The Balaban J connectivity index is 1.32. The maximum absolute atomic E-state index is 10.4. The fourth-order valence-corrected chi connectivity index (χ4v) is 5.00. The molecule has 0 bridgehead atoms. The van der Waals surface area contributed by atoms with Crippen LogP contribution in [0.3, 0.4) is 0 Å². The molecule has 1 unspecified atom stereocenters. The number of para-hydroxylation sites is 1. The van der Waals surface area contributed by atoms with Crippen molar-refractivity contribution in [3.63, 3.8) is 0 Å². The monoisotopic (exact) mass is 398 g/mol. The summed E-state index contributed by atoms with van der Waals surface area (Å²) in [6.07, 6.45) is 0.657. The molecule has 0 radical (unpaired) electrons. The molecule has 4 nitrogen and oxygen atoms in total. The lowest BCUT2D eigenvalue weighted by Gasteiger charge is -2.30. The van der Waals surface area contributed by atoms with Gasteiger partial charge in [0.05, 0.1) is 0 Å². The van der Waals surface area contributed by atoms with E-state index in [9.17, 15) is 5.11 Å². The van der Waals surface area contributed by atoms with Crippen LogP contribution in [0.2, 0.25) is 0 Å². The molecular weight excluding hydrogens is 368 g/mol. The number of rotatable bonds is 7. The smallest absolute Gasteiger partial charge is 0.123 e. The molecule has 2 aliphatic rings. The molecule has 2 aliphatic heterocycles. The maximum Gasteiger partial charge on any atom is 0.123 e. The van der Waals surface area contributed by atoms with Gasteiger partial charge in [0, 0.05) is 56.3 Å². The molecule has 0 saturated carbocycles. The molecule has 0 aromatic heterocycles. The number of fused-ring (bicyclic) bond motifs is 1. The first kappa shape index (κ1) is 19.8. The van der Waals surface area contributed by atoms with E-state index >= 15 is 0 Å². The number of benzene rings is 2. The summed E-state index contributed by atoms with van der Waals surface area (Å²) < 4.78 is 6.04. The predicted octanol–water partition coefficient (Wildman–Crippen LogP) is 3.03. The van der Waals surface area contributed by atoms with Gasteiger partial charge in [0.25, 0.3) is 0 Å². The highest BCUT2D eigenvalue weighted by Crippen LogP contribution is 2.24. The lowest BCUT2D eigenvalue weighted by atomic mass is 9.99. The molecule has 1 saturated heterocycles. The lowest BCUT2D eigenvalue weighted by Crippen LogP contribution is -2.40. The number of aliphatic hydroxyl groups excluding tert-OH is 1. The topological polar surface area (TPSA) is 35.9 Å². The van der Waals surface area contributed by atoms with Crippen molar-refractivity contribution in [3.8, 4) is 5.75 Å². The molecule has 0 amide bonds. The molecular formula is C23H30N2O2S. The summed E-state index contributed by atoms with van der Waals surface area (Å²) in [5, 5.41) is 10.4. The second-order valence-electron chi connectivity index (χ2n) is 7.71. The van der Waals surface area contributed by atoms with Gasteiger partial charge >= 0.3 is 0 Å². The van der Waals surface area contributed by atoms with E-state index in [1.807, 2.05) is 23.9 Å². The summed E-state index contributed by atoms with van der Waals surface area (Å²) in [6, 6.07) is 17.0. The van der Waals surface area contributed by atoms with Gasteiger partial charge in [0.1, 0.15) is 18.5 Å². The van der Waals surface area contributed by atoms with Gasteiger partial charge in [-0.05, 0) is 23.6 Å². The molecule has 4 rings (SSSR count). The molecule has 1 N–H and O–H groups in total. The molecule has 0 aliphatic carbocycles. The maximum atomic E-state index is 10.4. The first-order valence-electron chi connectivity index (χ1n) is 10.3. The van der Waals surface area contributed by atoms with Crippen molar-refractivity contribution in [1.82, 2.24) is 9.80 Å². The van der Waals surface area contributed by atoms with Crippen molar-refractivity contribution in [3.05, 3.63) is 65.2 Å². The van der Waals surface area contributed by atoms with Crippen molar-refractivity contribution < 1.29 is 9.84 Å². The van der Waals surface area contributed by atoms with E-state index in [4.69, 9.17) is 4.74 Å². The summed E-state index contributed by atoms with van der Waals surface area (Å²) in [4.78, 5) is 4.81. The normalized spacial score (nSPS) is 19.2. The largest absolute Gasteiger partial charge is 0.491 e. The van der Waals surface area contributed by atoms with Crippen LogP contribution in [0.5, 0.6) is 5.75 Å². The minimum Gasteiger partial charge on any atom is -0.491 e. The standard InChI is InChI=1S/C23H30N2O2S/c26-22(17-24-11-13-28-14-12-24)18-27-23-8-4-3-7-21(23)16-25-10-9-19-5-1-2-6-20(19)15-25/h1-8,22,26H,9-18H2. The lowest BCUT2D eigenvalue weighted by molar-refractivity contribution is 0.0707. The number of thioether (sulfide) groups is 1. The molecule has 1 fully saturated rings. The Morgan fingerprint density at radius 3 is 2.54 bits per heavy atom. The highest BCUT2D eigenvalue weighted by molar-refractivity contribution is 7.99. The third-order valence-corrected chi connectivity index (χ3v) is 6.52. The van der Waals surface area contributed by atoms with Gasteiger partial charge in [-0.3, -0.25) is 9.80 Å². The van der Waals surface area contributed by atoms with E-state index in [1.165, 1.54) is 16.7 Å². The number of hydrogen-bond donors (Lipinski definition) is 1. The Morgan fingerprint density at radius 1 is 0.929 bits per heavy atom. The van der Waals surface area contributed by atoms with Crippen LogP contribution >= 0.6 is 11.8 Å². The minimum atomic E-state index is -0.446. The van der Waals surface area contributed by atoms with Crippen LogP contribution in [0.1, 0.15) is 16.7 Å². The summed E-state index contributed by atoms with van der Waals surface area (Å²) in [7, 11) is 0. The highest BCUT2D eigenvalue weighted by atomic mass is 32.2. The summed E-state index contributed by atoms with van der Waals surface area (Å²) in [5.74, 6) is 3.22. The Hall–Kier alpha value is -1.53. The third kappa shape index (κ3) is 5.29. The summed E-state index contributed by atoms with van der Waals surface area (Å²) >= 11 is 1.99. The third-order valence-electron chi connectivity index (χ3n) is 5.58. The predicted molar refractivity (Wildman–Crippen MR) is 116 cm³/mol. The molecule has 28 heavy (non-hydrogen) atoms. The number of nitrogens with zero attached hydrogens (tertiary/aromatic N) is 2. The number of ether oxygens (including phenoxy) is 1. The second-order valence-corrected chi connectivity index (χ2v) is 8.94. The quantitative estimate of drug-likeness (QED) is 0.776. The van der Waals surface area contributed by atoms with E-state index in [2.05, 4.69) is 46.2 Å². The van der Waals surface area contributed by atoms with Crippen molar-refractivity contribution in [1.29, 1.82) is 0 Å². The first-order valence-corrected chi connectivity index (χ1v) is 11.4. The molecule has 5 heteroatoms. The van der Waals surface area contributed by atoms with Gasteiger partial charge in [-0.15, -0.1) is 0 Å². The van der Waals surface area contributed by atoms with Gasteiger partial charge in [0.15, 0.2) is 0 Å². The van der Waals surface area contributed by atoms with Gasteiger partial charge in [-0.2, -0.15) is 11.8 Å².